The molecule has 10 heteroatoms. The topological polar surface area (TPSA) is 90.5 Å². The van der Waals surface area contributed by atoms with Crippen molar-refractivity contribution in [1.29, 1.82) is 0 Å². The number of hydrogen-bond donors (Lipinski definition) is 1. The van der Waals surface area contributed by atoms with Crippen molar-refractivity contribution in [1.82, 2.24) is 19.2 Å². The van der Waals surface area contributed by atoms with Gasteiger partial charge in [-0.25, -0.2) is 0 Å². The van der Waals surface area contributed by atoms with Crippen LogP contribution in [-0.2, 0) is 11.8 Å². The molecule has 0 aliphatic rings. The monoisotopic (exact) mass is 415 g/mol. The Kier molecular flexibility index (Phi) is 5.05. The molecule has 4 rings (SSSR count). The van der Waals surface area contributed by atoms with Crippen LogP contribution in [0.1, 0.15) is 6.92 Å². The van der Waals surface area contributed by atoms with Crippen LogP contribution in [-0.4, -0.2) is 37.4 Å². The second-order valence-corrected chi connectivity index (χ2v) is 7.77. The molecule has 0 aliphatic heterocycles. The molecule has 0 radical (unpaired) electrons. The standard InChI is InChI=1S/C18H17N5O3S2/c1-3-26-12-6-4-11(5-7-12)19-14(24)10-28-18-21-20-17-22(2)16(25)15-13(23(17)18)8-9-27-15/h4-9H,3,10H2,1-2H3,(H,19,24). The van der Waals surface area contributed by atoms with E-state index < -0.39 is 0 Å². The average molecular weight is 416 g/mol. The molecule has 0 bridgehead atoms. The molecule has 0 aliphatic carbocycles. The van der Waals surface area contributed by atoms with E-state index in [1.807, 2.05) is 34.9 Å². The number of benzene rings is 1. The van der Waals surface area contributed by atoms with Crippen LogP contribution in [0.4, 0.5) is 5.69 Å². The quantitative estimate of drug-likeness (QED) is 0.487. The second kappa shape index (κ2) is 7.64. The molecule has 0 saturated carbocycles. The van der Waals surface area contributed by atoms with Crippen molar-refractivity contribution in [3.63, 3.8) is 0 Å². The van der Waals surface area contributed by atoms with Gasteiger partial charge in [-0.3, -0.25) is 18.6 Å². The zero-order chi connectivity index (χ0) is 19.7. The van der Waals surface area contributed by atoms with E-state index in [1.165, 1.54) is 27.7 Å². The fourth-order valence-electron chi connectivity index (χ4n) is 2.79. The molecule has 1 N–H and O–H groups in total. The van der Waals surface area contributed by atoms with Crippen LogP contribution in [0, 0.1) is 0 Å². The Balaban J connectivity index is 1.51. The lowest BCUT2D eigenvalue weighted by Gasteiger charge is -2.07. The van der Waals surface area contributed by atoms with Crippen molar-refractivity contribution >= 4 is 50.7 Å². The molecule has 0 unspecified atom stereocenters. The predicted molar refractivity (Wildman–Crippen MR) is 111 cm³/mol. The van der Waals surface area contributed by atoms with Gasteiger partial charge in [0.15, 0.2) is 5.16 Å². The third kappa shape index (κ3) is 3.36. The van der Waals surface area contributed by atoms with Gasteiger partial charge in [-0.1, -0.05) is 11.8 Å². The Labute approximate surface area is 168 Å². The summed E-state index contributed by atoms with van der Waals surface area (Å²) in [6, 6.07) is 9.08. The number of thiophene rings is 1. The van der Waals surface area contributed by atoms with Gasteiger partial charge in [0.25, 0.3) is 5.56 Å². The SMILES string of the molecule is CCOc1ccc(NC(=O)CSc2nnc3n(C)c(=O)c4sccc4n23)cc1. The Morgan fingerprint density at radius 2 is 2.04 bits per heavy atom. The van der Waals surface area contributed by atoms with Crippen molar-refractivity contribution in [3.05, 3.63) is 46.1 Å². The van der Waals surface area contributed by atoms with Gasteiger partial charge < -0.3 is 10.1 Å². The first-order valence-electron chi connectivity index (χ1n) is 8.55. The number of hydrogen-bond acceptors (Lipinski definition) is 7. The highest BCUT2D eigenvalue weighted by molar-refractivity contribution is 7.99. The first-order valence-corrected chi connectivity index (χ1v) is 10.4. The minimum absolute atomic E-state index is 0.102. The predicted octanol–water partition coefficient (Wildman–Crippen LogP) is 2.77. The van der Waals surface area contributed by atoms with E-state index in [0.29, 0.717) is 27.9 Å². The van der Waals surface area contributed by atoms with Gasteiger partial charge in [0.1, 0.15) is 10.4 Å². The number of carbonyl (C=O) groups is 1. The van der Waals surface area contributed by atoms with Crippen LogP contribution in [0.5, 0.6) is 5.75 Å². The largest absolute Gasteiger partial charge is 0.494 e. The van der Waals surface area contributed by atoms with Crippen molar-refractivity contribution < 1.29 is 9.53 Å². The first-order chi connectivity index (χ1) is 13.6. The smallest absolute Gasteiger partial charge is 0.272 e. The van der Waals surface area contributed by atoms with E-state index >= 15 is 0 Å². The van der Waals surface area contributed by atoms with E-state index in [-0.39, 0.29) is 17.2 Å². The molecule has 8 nitrogen and oxygen atoms in total. The Bertz CT molecular complexity index is 1210. The fraction of sp³-hybridized carbons (Fsp3) is 0.222. The first kappa shape index (κ1) is 18.5. The summed E-state index contributed by atoms with van der Waals surface area (Å²) < 4.78 is 9.30. The highest BCUT2D eigenvalue weighted by Crippen LogP contribution is 2.24. The number of aryl methyl sites for hydroxylation is 1. The highest BCUT2D eigenvalue weighted by Gasteiger charge is 2.16. The highest BCUT2D eigenvalue weighted by atomic mass is 32.2. The minimum Gasteiger partial charge on any atom is -0.494 e. The summed E-state index contributed by atoms with van der Waals surface area (Å²) in [5.74, 6) is 1.22. The second-order valence-electron chi connectivity index (χ2n) is 5.91. The lowest BCUT2D eigenvalue weighted by Crippen LogP contribution is -2.19. The number of amides is 1. The Morgan fingerprint density at radius 3 is 2.79 bits per heavy atom. The van der Waals surface area contributed by atoms with Gasteiger partial charge in [0, 0.05) is 12.7 Å². The van der Waals surface area contributed by atoms with Gasteiger partial charge in [-0.05, 0) is 42.6 Å². The summed E-state index contributed by atoms with van der Waals surface area (Å²) in [6.07, 6.45) is 0. The fourth-order valence-corrected chi connectivity index (χ4v) is 4.38. The van der Waals surface area contributed by atoms with Crippen LogP contribution in [0.3, 0.4) is 0 Å². The molecule has 1 amide bonds. The number of rotatable bonds is 6. The van der Waals surface area contributed by atoms with Gasteiger partial charge >= 0.3 is 0 Å². The maximum absolute atomic E-state index is 12.4. The summed E-state index contributed by atoms with van der Waals surface area (Å²) in [6.45, 7) is 2.51. The minimum atomic E-state index is -0.155. The molecule has 0 spiro atoms. The molecule has 28 heavy (non-hydrogen) atoms. The summed E-state index contributed by atoms with van der Waals surface area (Å²) in [5.41, 5.74) is 1.35. The lowest BCUT2D eigenvalue weighted by atomic mass is 10.3. The number of thioether (sulfide) groups is 1. The Hall–Kier alpha value is -2.85. The molecule has 3 heterocycles. The van der Waals surface area contributed by atoms with Crippen molar-refractivity contribution in [2.24, 2.45) is 7.05 Å². The van der Waals surface area contributed by atoms with E-state index in [2.05, 4.69) is 15.5 Å². The van der Waals surface area contributed by atoms with Crippen LogP contribution < -0.4 is 15.6 Å². The third-order valence-corrected chi connectivity index (χ3v) is 5.90. The number of nitrogens with one attached hydrogen (secondary N) is 1. The van der Waals surface area contributed by atoms with Crippen molar-refractivity contribution in [2.75, 3.05) is 17.7 Å². The number of fused-ring (bicyclic) bond motifs is 3. The van der Waals surface area contributed by atoms with Gasteiger partial charge in [-0.15, -0.1) is 21.5 Å². The van der Waals surface area contributed by atoms with Crippen molar-refractivity contribution in [3.8, 4) is 5.75 Å². The lowest BCUT2D eigenvalue weighted by molar-refractivity contribution is -0.113. The maximum atomic E-state index is 12.4. The molecule has 0 saturated heterocycles. The van der Waals surface area contributed by atoms with E-state index in [4.69, 9.17) is 4.74 Å². The summed E-state index contributed by atoms with van der Waals surface area (Å²) >= 11 is 2.65. The van der Waals surface area contributed by atoms with Crippen molar-refractivity contribution in [2.45, 2.75) is 12.1 Å². The molecule has 0 atom stereocenters. The van der Waals surface area contributed by atoms with Crippen LogP contribution in [0.2, 0.25) is 0 Å². The third-order valence-electron chi connectivity index (χ3n) is 4.08. The molecule has 4 aromatic rings. The van der Waals surface area contributed by atoms with Crippen LogP contribution >= 0.6 is 23.1 Å². The Morgan fingerprint density at radius 1 is 1.25 bits per heavy atom. The number of anilines is 1. The number of nitrogens with zero attached hydrogens (tertiary/aromatic N) is 4. The van der Waals surface area contributed by atoms with Crippen LogP contribution in [0.25, 0.3) is 16.0 Å². The van der Waals surface area contributed by atoms with Gasteiger partial charge in [0.05, 0.1) is 17.9 Å². The van der Waals surface area contributed by atoms with Gasteiger partial charge in [-0.2, -0.15) is 0 Å². The van der Waals surface area contributed by atoms with E-state index in [1.54, 1.807) is 19.2 Å². The normalized spacial score (nSPS) is 11.2. The molecule has 144 valence electrons. The van der Waals surface area contributed by atoms with Crippen LogP contribution in [0.15, 0.2) is 45.7 Å². The summed E-state index contributed by atoms with van der Waals surface area (Å²) in [4.78, 5) is 24.7. The number of ether oxygens (including phenoxy) is 1. The average Bonchev–Trinajstić information content (AvgIpc) is 3.33. The molecular formula is C18H17N5O3S2. The molecule has 0 fully saturated rings. The molecular weight excluding hydrogens is 398 g/mol. The summed E-state index contributed by atoms with van der Waals surface area (Å²) in [5, 5.41) is 13.5. The molecule has 1 aromatic carbocycles. The van der Waals surface area contributed by atoms with E-state index in [9.17, 15) is 9.59 Å². The summed E-state index contributed by atoms with van der Waals surface area (Å²) in [7, 11) is 1.67. The number of aromatic nitrogens is 4. The zero-order valence-corrected chi connectivity index (χ0v) is 16.8. The zero-order valence-electron chi connectivity index (χ0n) is 15.2. The van der Waals surface area contributed by atoms with Gasteiger partial charge in [0.2, 0.25) is 11.7 Å². The molecule has 3 aromatic heterocycles. The number of carbonyl (C=O) groups excluding carboxylic acids is 1. The van der Waals surface area contributed by atoms with E-state index in [0.717, 1.165) is 11.3 Å². The maximum Gasteiger partial charge on any atom is 0.272 e.